The molecule has 4 nitrogen and oxygen atoms in total. The smallest absolute Gasteiger partial charge is 0.0690 e. The Morgan fingerprint density at radius 1 is 1.24 bits per heavy atom. The van der Waals surface area contributed by atoms with Crippen LogP contribution in [0.15, 0.2) is 0 Å². The molecule has 2 saturated carbocycles. The summed E-state index contributed by atoms with van der Waals surface area (Å²) in [5.74, 6) is 0.551. The molecule has 2 saturated heterocycles. The Morgan fingerprint density at radius 3 is 2.81 bits per heavy atom. The van der Waals surface area contributed by atoms with Crippen LogP contribution in [0.1, 0.15) is 46.0 Å². The van der Waals surface area contributed by atoms with Crippen molar-refractivity contribution in [1.29, 1.82) is 0 Å². The average molecular weight is 293 g/mol. The summed E-state index contributed by atoms with van der Waals surface area (Å²) in [6.45, 7) is 8.98. The van der Waals surface area contributed by atoms with Gasteiger partial charge in [0.25, 0.3) is 0 Å². The van der Waals surface area contributed by atoms with Crippen molar-refractivity contribution in [2.45, 2.75) is 69.7 Å². The largest absolute Gasteiger partial charge is 0.377 e. The standard InChI is InChI=1S/C17H31N3O/c1-16(2)15-14(4-3-9-21-15)17(16,18)11-19-12-7-8-20(10-12)13-5-6-13/h12-15,19H,3-11,18H2,1-2H3. The fourth-order valence-electron chi connectivity index (χ4n) is 5.06. The normalized spacial score (nSPS) is 46.1. The monoisotopic (exact) mass is 293 g/mol. The number of hydrogen-bond acceptors (Lipinski definition) is 4. The van der Waals surface area contributed by atoms with Crippen molar-refractivity contribution in [3.8, 4) is 0 Å². The molecule has 4 fully saturated rings. The van der Waals surface area contributed by atoms with E-state index in [-0.39, 0.29) is 11.0 Å². The third-order valence-electron chi connectivity index (χ3n) is 6.86. The number of ether oxygens (including phenoxy) is 1. The van der Waals surface area contributed by atoms with Gasteiger partial charge < -0.3 is 15.8 Å². The summed E-state index contributed by atoms with van der Waals surface area (Å²) in [6, 6.07) is 1.55. The van der Waals surface area contributed by atoms with Crippen LogP contribution in [0.2, 0.25) is 0 Å². The molecule has 0 radical (unpaired) electrons. The van der Waals surface area contributed by atoms with Crippen LogP contribution in [0, 0.1) is 11.3 Å². The Balaban J connectivity index is 1.35. The first-order valence-corrected chi connectivity index (χ1v) is 8.90. The first-order valence-electron chi connectivity index (χ1n) is 8.90. The predicted molar refractivity (Wildman–Crippen MR) is 84.2 cm³/mol. The quantitative estimate of drug-likeness (QED) is 0.821. The molecule has 0 aromatic heterocycles. The van der Waals surface area contributed by atoms with Crippen molar-refractivity contribution >= 4 is 0 Å². The lowest BCUT2D eigenvalue weighted by atomic mass is 9.46. The van der Waals surface area contributed by atoms with Crippen molar-refractivity contribution in [2.75, 3.05) is 26.2 Å². The third kappa shape index (κ3) is 2.18. The molecule has 0 aromatic carbocycles. The fraction of sp³-hybridized carbons (Fsp3) is 1.00. The minimum Gasteiger partial charge on any atom is -0.377 e. The van der Waals surface area contributed by atoms with Crippen molar-refractivity contribution in [3.05, 3.63) is 0 Å². The number of nitrogens with zero attached hydrogens (tertiary/aromatic N) is 1. The summed E-state index contributed by atoms with van der Waals surface area (Å²) in [5, 5.41) is 3.80. The van der Waals surface area contributed by atoms with Gasteiger partial charge in [-0.1, -0.05) is 13.8 Å². The molecule has 4 rings (SSSR count). The Bertz CT molecular complexity index is 409. The second kappa shape index (κ2) is 4.92. The minimum atomic E-state index is -0.0922. The van der Waals surface area contributed by atoms with E-state index in [9.17, 15) is 0 Å². The first-order chi connectivity index (χ1) is 10.0. The third-order valence-corrected chi connectivity index (χ3v) is 6.86. The van der Waals surface area contributed by atoms with Crippen LogP contribution < -0.4 is 11.1 Å². The molecular formula is C17H31N3O. The lowest BCUT2D eigenvalue weighted by Crippen LogP contribution is -2.80. The molecule has 4 aliphatic rings. The molecule has 4 unspecified atom stereocenters. The van der Waals surface area contributed by atoms with Gasteiger partial charge in [-0.15, -0.1) is 0 Å². The summed E-state index contributed by atoms with van der Waals surface area (Å²) in [7, 11) is 0. The number of nitrogens with one attached hydrogen (secondary N) is 1. The molecule has 4 heteroatoms. The van der Waals surface area contributed by atoms with E-state index >= 15 is 0 Å². The van der Waals surface area contributed by atoms with Crippen LogP contribution in [0.4, 0.5) is 0 Å². The lowest BCUT2D eigenvalue weighted by Gasteiger charge is -2.66. The highest BCUT2D eigenvalue weighted by Crippen LogP contribution is 2.57. The molecule has 0 bridgehead atoms. The van der Waals surface area contributed by atoms with Crippen molar-refractivity contribution in [3.63, 3.8) is 0 Å². The van der Waals surface area contributed by atoms with E-state index in [0.717, 1.165) is 19.2 Å². The van der Waals surface area contributed by atoms with Gasteiger partial charge >= 0.3 is 0 Å². The fourth-order valence-corrected chi connectivity index (χ4v) is 5.06. The Kier molecular flexibility index (Phi) is 3.38. The lowest BCUT2D eigenvalue weighted by molar-refractivity contribution is -0.226. The zero-order valence-corrected chi connectivity index (χ0v) is 13.6. The number of nitrogens with two attached hydrogens (primary N) is 1. The topological polar surface area (TPSA) is 50.5 Å². The highest BCUT2D eigenvalue weighted by Gasteiger charge is 2.66. The van der Waals surface area contributed by atoms with Crippen LogP contribution in [0.3, 0.4) is 0 Å². The predicted octanol–water partition coefficient (Wildman–Crippen LogP) is 1.35. The summed E-state index contributed by atoms with van der Waals surface area (Å²) in [4.78, 5) is 2.67. The van der Waals surface area contributed by atoms with Crippen molar-refractivity contribution < 1.29 is 4.74 Å². The molecule has 3 N–H and O–H groups in total. The SMILES string of the molecule is CC1(C)C2OCCCC2C1(N)CNC1CCN(C2CC2)C1. The van der Waals surface area contributed by atoms with E-state index in [0.29, 0.717) is 18.1 Å². The van der Waals surface area contributed by atoms with Crippen LogP contribution in [0.5, 0.6) is 0 Å². The van der Waals surface area contributed by atoms with Gasteiger partial charge in [0.15, 0.2) is 0 Å². The highest BCUT2D eigenvalue weighted by atomic mass is 16.5. The van der Waals surface area contributed by atoms with Crippen LogP contribution in [0.25, 0.3) is 0 Å². The van der Waals surface area contributed by atoms with Crippen LogP contribution >= 0.6 is 0 Å². The molecule has 0 amide bonds. The second-order valence-electron chi connectivity index (χ2n) is 8.39. The van der Waals surface area contributed by atoms with Crippen molar-refractivity contribution in [2.24, 2.45) is 17.1 Å². The summed E-state index contributed by atoms with van der Waals surface area (Å²) in [6.07, 6.45) is 6.92. The van der Waals surface area contributed by atoms with E-state index < -0.39 is 0 Å². The molecule has 2 heterocycles. The van der Waals surface area contributed by atoms with Crippen LogP contribution in [-0.2, 0) is 4.74 Å². The second-order valence-corrected chi connectivity index (χ2v) is 8.39. The molecule has 2 aliphatic heterocycles. The highest BCUT2D eigenvalue weighted by molar-refractivity contribution is 5.20. The number of hydrogen-bond donors (Lipinski definition) is 2. The van der Waals surface area contributed by atoms with E-state index in [1.165, 1.54) is 45.2 Å². The molecule has 120 valence electrons. The minimum absolute atomic E-state index is 0.0922. The average Bonchev–Trinajstić information content (AvgIpc) is 3.24. The summed E-state index contributed by atoms with van der Waals surface area (Å²) < 4.78 is 6.00. The molecule has 21 heavy (non-hydrogen) atoms. The number of rotatable bonds is 4. The van der Waals surface area contributed by atoms with E-state index in [2.05, 4.69) is 24.1 Å². The zero-order valence-electron chi connectivity index (χ0n) is 13.6. The van der Waals surface area contributed by atoms with Gasteiger partial charge in [0.1, 0.15) is 0 Å². The number of likely N-dealkylation sites (tertiary alicyclic amines) is 1. The maximum absolute atomic E-state index is 6.86. The van der Waals surface area contributed by atoms with E-state index in [1.807, 2.05) is 0 Å². The van der Waals surface area contributed by atoms with E-state index in [4.69, 9.17) is 10.5 Å². The molecule has 0 aromatic rings. The maximum Gasteiger partial charge on any atom is 0.0690 e. The molecule has 2 aliphatic carbocycles. The zero-order chi connectivity index (χ0) is 14.7. The molecular weight excluding hydrogens is 262 g/mol. The Labute approximate surface area is 128 Å². The van der Waals surface area contributed by atoms with E-state index in [1.54, 1.807) is 0 Å². The van der Waals surface area contributed by atoms with Gasteiger partial charge in [-0.05, 0) is 32.1 Å². The van der Waals surface area contributed by atoms with Crippen LogP contribution in [-0.4, -0.2) is 54.9 Å². The van der Waals surface area contributed by atoms with Crippen molar-refractivity contribution in [1.82, 2.24) is 10.2 Å². The van der Waals surface area contributed by atoms with Gasteiger partial charge in [0.05, 0.1) is 6.10 Å². The molecule has 0 spiro atoms. The number of fused-ring (bicyclic) bond motifs is 1. The summed E-state index contributed by atoms with van der Waals surface area (Å²) in [5.41, 5.74) is 6.87. The van der Waals surface area contributed by atoms with Gasteiger partial charge in [-0.25, -0.2) is 0 Å². The summed E-state index contributed by atoms with van der Waals surface area (Å²) >= 11 is 0. The van der Waals surface area contributed by atoms with Gasteiger partial charge in [0, 0.05) is 55.2 Å². The maximum atomic E-state index is 6.86. The van der Waals surface area contributed by atoms with Gasteiger partial charge in [-0.3, -0.25) is 4.90 Å². The first kappa shape index (κ1) is 14.4. The van der Waals surface area contributed by atoms with Gasteiger partial charge in [-0.2, -0.15) is 0 Å². The Morgan fingerprint density at radius 2 is 2.05 bits per heavy atom. The van der Waals surface area contributed by atoms with Gasteiger partial charge in [0.2, 0.25) is 0 Å². The Hall–Kier alpha value is -0.160. The molecule has 4 atom stereocenters.